The molecule has 160 valence electrons. The summed E-state index contributed by atoms with van der Waals surface area (Å²) in [5.74, 6) is -0.348. The molecule has 0 atom stereocenters. The van der Waals surface area contributed by atoms with Gasteiger partial charge in [0.15, 0.2) is 0 Å². The van der Waals surface area contributed by atoms with E-state index in [-0.39, 0.29) is 24.7 Å². The van der Waals surface area contributed by atoms with Crippen molar-refractivity contribution in [3.05, 3.63) is 32.0 Å². The first-order chi connectivity index (χ1) is 15.1. The van der Waals surface area contributed by atoms with Gasteiger partial charge < -0.3 is 10.6 Å². The van der Waals surface area contributed by atoms with Crippen LogP contribution >= 0.6 is 22.7 Å². The predicted molar refractivity (Wildman–Crippen MR) is 122 cm³/mol. The first-order valence-corrected chi connectivity index (χ1v) is 12.4. The number of aryl methyl sites for hydroxylation is 2. The number of carbonyl (C=O) groups is 2. The summed E-state index contributed by atoms with van der Waals surface area (Å²) in [4.78, 5) is 27.2. The van der Waals surface area contributed by atoms with E-state index in [4.69, 9.17) is 0 Å². The van der Waals surface area contributed by atoms with Crippen LogP contribution in [0.15, 0.2) is 0 Å². The molecule has 0 unspecified atom stereocenters. The quantitative estimate of drug-likeness (QED) is 0.639. The molecule has 2 N–H and O–H groups in total. The van der Waals surface area contributed by atoms with Crippen LogP contribution in [-0.4, -0.2) is 11.8 Å². The fraction of sp³-hybridized carbons (Fsp3) is 0.478. The van der Waals surface area contributed by atoms with Crippen molar-refractivity contribution in [3.8, 4) is 12.1 Å². The van der Waals surface area contributed by atoms with E-state index in [1.807, 2.05) is 0 Å². The van der Waals surface area contributed by atoms with Gasteiger partial charge in [0.05, 0.1) is 11.1 Å². The number of nitrogens with zero attached hydrogens (tertiary/aromatic N) is 2. The summed E-state index contributed by atoms with van der Waals surface area (Å²) < 4.78 is 0. The number of anilines is 2. The maximum absolute atomic E-state index is 12.4. The van der Waals surface area contributed by atoms with Crippen molar-refractivity contribution < 1.29 is 9.59 Å². The average molecular weight is 453 g/mol. The smallest absolute Gasteiger partial charge is 0.225 e. The van der Waals surface area contributed by atoms with Gasteiger partial charge in [0.2, 0.25) is 11.8 Å². The fourth-order valence-electron chi connectivity index (χ4n) is 4.33. The zero-order valence-corrected chi connectivity index (χ0v) is 18.9. The molecule has 6 nitrogen and oxygen atoms in total. The highest BCUT2D eigenvalue weighted by molar-refractivity contribution is 7.17. The molecule has 2 aromatic heterocycles. The Hall–Kier alpha value is -2.68. The summed E-state index contributed by atoms with van der Waals surface area (Å²) >= 11 is 3.02. The number of thiophene rings is 2. The van der Waals surface area contributed by atoms with Crippen molar-refractivity contribution in [2.45, 2.75) is 70.6 Å². The number of fused-ring (bicyclic) bond motifs is 2. The lowest BCUT2D eigenvalue weighted by molar-refractivity contribution is -0.117. The zero-order valence-electron chi connectivity index (χ0n) is 17.3. The Labute approximate surface area is 189 Å². The Bertz CT molecular complexity index is 1010. The molecule has 2 heterocycles. The topological polar surface area (TPSA) is 106 Å². The van der Waals surface area contributed by atoms with Gasteiger partial charge in [0, 0.05) is 22.6 Å². The molecule has 2 aliphatic carbocycles. The molecule has 0 aromatic carbocycles. The van der Waals surface area contributed by atoms with E-state index in [9.17, 15) is 20.1 Å². The molecule has 0 bridgehead atoms. The molecule has 0 radical (unpaired) electrons. The number of nitrogens with one attached hydrogen (secondary N) is 2. The van der Waals surface area contributed by atoms with Crippen LogP contribution in [0, 0.1) is 22.7 Å². The van der Waals surface area contributed by atoms with Gasteiger partial charge in [-0.1, -0.05) is 0 Å². The van der Waals surface area contributed by atoms with Gasteiger partial charge in [-0.05, 0) is 68.9 Å². The van der Waals surface area contributed by atoms with Crippen molar-refractivity contribution in [1.29, 1.82) is 10.5 Å². The standard InChI is InChI=1S/C23H24N4O2S2/c24-12-16-14-6-1-3-8-18(14)30-22(16)26-20(28)10-5-11-21(29)27-23-17(13-25)15-7-2-4-9-19(15)31-23/h1-11H2,(H,26,28)(H,27,29). The minimum Gasteiger partial charge on any atom is -0.317 e. The van der Waals surface area contributed by atoms with Crippen LogP contribution in [0.3, 0.4) is 0 Å². The van der Waals surface area contributed by atoms with E-state index in [1.54, 1.807) is 0 Å². The lowest BCUT2D eigenvalue weighted by atomic mass is 9.96. The van der Waals surface area contributed by atoms with E-state index < -0.39 is 0 Å². The molecule has 0 saturated heterocycles. The van der Waals surface area contributed by atoms with E-state index in [0.29, 0.717) is 27.5 Å². The highest BCUT2D eigenvalue weighted by atomic mass is 32.1. The molecule has 2 aliphatic rings. The first kappa shape index (κ1) is 21.5. The zero-order chi connectivity index (χ0) is 21.8. The maximum atomic E-state index is 12.4. The maximum Gasteiger partial charge on any atom is 0.225 e. The minimum atomic E-state index is -0.174. The van der Waals surface area contributed by atoms with Crippen molar-refractivity contribution in [1.82, 2.24) is 0 Å². The summed E-state index contributed by atoms with van der Waals surface area (Å²) in [5, 5.41) is 26.0. The Kier molecular flexibility index (Phi) is 6.70. The second-order valence-corrected chi connectivity index (χ2v) is 10.2. The van der Waals surface area contributed by atoms with Crippen LogP contribution in [0.1, 0.15) is 77.0 Å². The van der Waals surface area contributed by atoms with Gasteiger partial charge in [-0.25, -0.2) is 0 Å². The van der Waals surface area contributed by atoms with Crippen LogP contribution in [0.4, 0.5) is 10.0 Å². The summed E-state index contributed by atoms with van der Waals surface area (Å²) in [6, 6.07) is 4.50. The number of rotatable bonds is 6. The van der Waals surface area contributed by atoms with Crippen molar-refractivity contribution in [2.24, 2.45) is 0 Å². The van der Waals surface area contributed by atoms with Crippen LogP contribution in [0.25, 0.3) is 0 Å². The predicted octanol–water partition coefficient (Wildman–Crippen LogP) is 5.06. The molecule has 0 fully saturated rings. The molecular weight excluding hydrogens is 428 g/mol. The van der Waals surface area contributed by atoms with Crippen LogP contribution in [0.2, 0.25) is 0 Å². The number of carbonyl (C=O) groups excluding carboxylic acids is 2. The summed E-state index contributed by atoms with van der Waals surface area (Å²) in [6.07, 6.45) is 9.02. The average Bonchev–Trinajstić information content (AvgIpc) is 3.29. The Morgan fingerprint density at radius 1 is 0.742 bits per heavy atom. The number of hydrogen-bond donors (Lipinski definition) is 2. The highest BCUT2D eigenvalue weighted by Crippen LogP contribution is 2.38. The molecule has 31 heavy (non-hydrogen) atoms. The monoisotopic (exact) mass is 452 g/mol. The third-order valence-corrected chi connectivity index (χ3v) is 8.29. The third kappa shape index (κ3) is 4.66. The fourth-order valence-corrected chi connectivity index (χ4v) is 6.84. The van der Waals surface area contributed by atoms with Crippen LogP contribution in [-0.2, 0) is 35.3 Å². The van der Waals surface area contributed by atoms with Crippen molar-refractivity contribution in [2.75, 3.05) is 10.6 Å². The van der Waals surface area contributed by atoms with E-state index in [0.717, 1.165) is 62.5 Å². The normalized spacial score (nSPS) is 14.6. The summed E-state index contributed by atoms with van der Waals surface area (Å²) in [7, 11) is 0. The van der Waals surface area contributed by atoms with Crippen molar-refractivity contribution in [3.63, 3.8) is 0 Å². The van der Waals surface area contributed by atoms with Gasteiger partial charge in [-0.3, -0.25) is 9.59 Å². The lowest BCUT2D eigenvalue weighted by Crippen LogP contribution is -2.15. The largest absolute Gasteiger partial charge is 0.317 e. The molecule has 8 heteroatoms. The number of nitriles is 2. The molecule has 0 aliphatic heterocycles. The van der Waals surface area contributed by atoms with Crippen LogP contribution in [0.5, 0.6) is 0 Å². The molecule has 2 aromatic rings. The van der Waals surface area contributed by atoms with Crippen LogP contribution < -0.4 is 10.6 Å². The van der Waals surface area contributed by atoms with Gasteiger partial charge in [-0.15, -0.1) is 22.7 Å². The van der Waals surface area contributed by atoms with Gasteiger partial charge >= 0.3 is 0 Å². The summed E-state index contributed by atoms with van der Waals surface area (Å²) in [6.45, 7) is 0. The van der Waals surface area contributed by atoms with E-state index in [2.05, 4.69) is 22.8 Å². The van der Waals surface area contributed by atoms with Gasteiger partial charge in [0.25, 0.3) is 0 Å². The Morgan fingerprint density at radius 3 is 1.58 bits per heavy atom. The highest BCUT2D eigenvalue weighted by Gasteiger charge is 2.23. The molecule has 0 spiro atoms. The van der Waals surface area contributed by atoms with Gasteiger partial charge in [-0.2, -0.15) is 10.5 Å². The Balaban J connectivity index is 1.29. The second-order valence-electron chi connectivity index (χ2n) is 8.00. The molecule has 4 rings (SSSR count). The minimum absolute atomic E-state index is 0.174. The van der Waals surface area contributed by atoms with E-state index in [1.165, 1.54) is 32.4 Å². The number of amides is 2. The van der Waals surface area contributed by atoms with Gasteiger partial charge in [0.1, 0.15) is 22.1 Å². The molecule has 0 saturated carbocycles. The third-order valence-electron chi connectivity index (χ3n) is 5.88. The molecular formula is C23H24N4O2S2. The first-order valence-electron chi connectivity index (χ1n) is 10.8. The Morgan fingerprint density at radius 2 is 1.16 bits per heavy atom. The number of hydrogen-bond acceptors (Lipinski definition) is 6. The SMILES string of the molecule is N#Cc1c(NC(=O)CCCC(=O)Nc2sc3c(c2C#N)CCCC3)sc2c1CCCC2. The second kappa shape index (κ2) is 9.64. The lowest BCUT2D eigenvalue weighted by Gasteiger charge is -2.09. The molecule has 2 amide bonds. The van der Waals surface area contributed by atoms with Crippen molar-refractivity contribution >= 4 is 44.5 Å². The summed E-state index contributed by atoms with van der Waals surface area (Å²) in [5.41, 5.74) is 3.41. The van der Waals surface area contributed by atoms with E-state index >= 15 is 0 Å².